The Hall–Kier alpha value is -3.12. The maximum Gasteiger partial charge on any atom is 0.230 e. The first-order valence-electron chi connectivity index (χ1n) is 8.52. The first-order valence-corrected chi connectivity index (χ1v) is 8.52. The van der Waals surface area contributed by atoms with Crippen molar-refractivity contribution in [3.63, 3.8) is 0 Å². The van der Waals surface area contributed by atoms with Gasteiger partial charge in [-0.2, -0.15) is 0 Å². The molecule has 0 atom stereocenters. The molecular formula is C20H19N3O3. The van der Waals surface area contributed by atoms with Crippen LogP contribution in [0.25, 0.3) is 10.8 Å². The van der Waals surface area contributed by atoms with Crippen LogP contribution >= 0.6 is 0 Å². The molecule has 0 bridgehead atoms. The minimum atomic E-state index is 0.405. The number of hydrogen-bond donors (Lipinski definition) is 1. The van der Waals surface area contributed by atoms with E-state index in [9.17, 15) is 5.21 Å². The van der Waals surface area contributed by atoms with E-state index in [0.29, 0.717) is 49.3 Å². The number of hydrogen-bond acceptors (Lipinski definition) is 5. The average Bonchev–Trinajstić information content (AvgIpc) is 2.71. The highest BCUT2D eigenvalue weighted by molar-refractivity contribution is 6.00. The highest BCUT2D eigenvalue weighted by Gasteiger charge is 2.21. The van der Waals surface area contributed by atoms with Gasteiger partial charge in [0.15, 0.2) is 5.84 Å². The predicted octanol–water partition coefficient (Wildman–Crippen LogP) is 3.50. The van der Waals surface area contributed by atoms with Crippen LogP contribution < -0.4 is 4.74 Å². The van der Waals surface area contributed by atoms with E-state index in [4.69, 9.17) is 9.47 Å². The van der Waals surface area contributed by atoms with Crippen LogP contribution in [0.3, 0.4) is 0 Å². The molecule has 0 saturated carbocycles. The zero-order chi connectivity index (χ0) is 17.8. The fourth-order valence-electron chi connectivity index (χ4n) is 3.05. The van der Waals surface area contributed by atoms with Crippen LogP contribution in [0.5, 0.6) is 11.6 Å². The fourth-order valence-corrected chi connectivity index (χ4v) is 3.05. The molecule has 26 heavy (non-hydrogen) atoms. The molecule has 3 aromatic rings. The number of rotatable bonds is 3. The van der Waals surface area contributed by atoms with E-state index >= 15 is 0 Å². The summed E-state index contributed by atoms with van der Waals surface area (Å²) in [5.74, 6) is 1.53. The van der Waals surface area contributed by atoms with Crippen molar-refractivity contribution in [1.29, 1.82) is 0 Å². The van der Waals surface area contributed by atoms with Crippen LogP contribution in [-0.4, -0.2) is 47.2 Å². The van der Waals surface area contributed by atoms with Gasteiger partial charge < -0.3 is 19.6 Å². The van der Waals surface area contributed by atoms with E-state index in [-0.39, 0.29) is 0 Å². The predicted molar refractivity (Wildman–Crippen MR) is 99.0 cm³/mol. The van der Waals surface area contributed by atoms with Crippen molar-refractivity contribution in [2.24, 2.45) is 5.16 Å². The third kappa shape index (κ3) is 3.32. The van der Waals surface area contributed by atoms with Crippen LogP contribution in [0, 0.1) is 0 Å². The average molecular weight is 349 g/mol. The summed E-state index contributed by atoms with van der Waals surface area (Å²) in [6.45, 7) is 2.51. The van der Waals surface area contributed by atoms with E-state index < -0.39 is 0 Å². The van der Waals surface area contributed by atoms with Crippen molar-refractivity contribution in [2.75, 3.05) is 26.3 Å². The van der Waals surface area contributed by atoms with Crippen LogP contribution in [-0.2, 0) is 4.74 Å². The van der Waals surface area contributed by atoms with Gasteiger partial charge in [-0.25, -0.2) is 4.98 Å². The fraction of sp³-hybridized carbons (Fsp3) is 0.200. The molecule has 2 aromatic carbocycles. The van der Waals surface area contributed by atoms with Crippen LogP contribution in [0.2, 0.25) is 0 Å². The number of amidine groups is 1. The topological polar surface area (TPSA) is 67.2 Å². The summed E-state index contributed by atoms with van der Waals surface area (Å²) in [4.78, 5) is 6.31. The van der Waals surface area contributed by atoms with Crippen molar-refractivity contribution in [1.82, 2.24) is 9.88 Å². The first kappa shape index (κ1) is 16.4. The number of benzene rings is 2. The Balaban J connectivity index is 1.66. The Kier molecular flexibility index (Phi) is 4.66. The monoisotopic (exact) mass is 349 g/mol. The van der Waals surface area contributed by atoms with E-state index in [2.05, 4.69) is 16.2 Å². The summed E-state index contributed by atoms with van der Waals surface area (Å²) in [7, 11) is 0. The molecule has 6 nitrogen and oxygen atoms in total. The standard InChI is InChI=1S/C20H19N3O3/c24-22-19(23-10-12-25-13-11-23)18-6-3-9-21-20(18)26-17-8-7-15-4-1-2-5-16(15)14-17/h1-9,14,24H,10-13H2/b22-19-. The van der Waals surface area contributed by atoms with Crippen molar-refractivity contribution in [3.8, 4) is 11.6 Å². The van der Waals surface area contributed by atoms with Crippen LogP contribution in [0.4, 0.5) is 0 Å². The molecule has 4 rings (SSSR count). The van der Waals surface area contributed by atoms with Gasteiger partial charge in [0.2, 0.25) is 5.88 Å². The summed E-state index contributed by atoms with van der Waals surface area (Å²) in [5, 5.41) is 15.3. The SMILES string of the molecule is O/N=C(/c1cccnc1Oc1ccc2ccccc2c1)N1CCOCC1. The molecule has 1 fully saturated rings. The maximum atomic E-state index is 9.59. The van der Waals surface area contributed by atoms with Gasteiger partial charge in [-0.05, 0) is 35.0 Å². The lowest BCUT2D eigenvalue weighted by Gasteiger charge is -2.29. The summed E-state index contributed by atoms with van der Waals surface area (Å²) in [6, 6.07) is 17.6. The molecule has 1 aliphatic heterocycles. The Morgan fingerprint density at radius 1 is 1.04 bits per heavy atom. The molecule has 0 unspecified atom stereocenters. The van der Waals surface area contributed by atoms with Crippen LogP contribution in [0.1, 0.15) is 5.56 Å². The highest BCUT2D eigenvalue weighted by Crippen LogP contribution is 2.27. The molecule has 1 aliphatic rings. The van der Waals surface area contributed by atoms with Crippen molar-refractivity contribution < 1.29 is 14.7 Å². The largest absolute Gasteiger partial charge is 0.438 e. The number of nitrogens with zero attached hydrogens (tertiary/aromatic N) is 3. The molecule has 132 valence electrons. The highest BCUT2D eigenvalue weighted by atomic mass is 16.5. The molecule has 2 heterocycles. The third-order valence-corrected chi connectivity index (χ3v) is 4.35. The number of oxime groups is 1. The van der Waals surface area contributed by atoms with Gasteiger partial charge in [-0.15, -0.1) is 0 Å². The van der Waals surface area contributed by atoms with E-state index in [1.807, 2.05) is 47.4 Å². The molecule has 1 aromatic heterocycles. The van der Waals surface area contributed by atoms with Crippen molar-refractivity contribution in [2.45, 2.75) is 0 Å². The molecule has 0 aliphatic carbocycles. The summed E-state index contributed by atoms with van der Waals surface area (Å²) in [6.07, 6.45) is 1.66. The summed E-state index contributed by atoms with van der Waals surface area (Å²) < 4.78 is 11.4. The molecule has 1 N–H and O–H groups in total. The van der Waals surface area contributed by atoms with Gasteiger partial charge in [-0.1, -0.05) is 35.5 Å². The van der Waals surface area contributed by atoms with Gasteiger partial charge in [0, 0.05) is 19.3 Å². The zero-order valence-corrected chi connectivity index (χ0v) is 14.2. The third-order valence-electron chi connectivity index (χ3n) is 4.35. The van der Waals surface area contributed by atoms with Gasteiger partial charge >= 0.3 is 0 Å². The minimum Gasteiger partial charge on any atom is -0.438 e. The molecule has 1 saturated heterocycles. The molecular weight excluding hydrogens is 330 g/mol. The van der Waals surface area contributed by atoms with Gasteiger partial charge in [-0.3, -0.25) is 0 Å². The van der Waals surface area contributed by atoms with E-state index in [0.717, 1.165) is 10.8 Å². The number of fused-ring (bicyclic) bond motifs is 1. The molecule has 0 spiro atoms. The van der Waals surface area contributed by atoms with Crippen molar-refractivity contribution >= 4 is 16.6 Å². The maximum absolute atomic E-state index is 9.59. The van der Waals surface area contributed by atoms with Gasteiger partial charge in [0.1, 0.15) is 5.75 Å². The molecule has 0 amide bonds. The van der Waals surface area contributed by atoms with Gasteiger partial charge in [0.25, 0.3) is 0 Å². The quantitative estimate of drug-likeness (QED) is 0.339. The first-order chi connectivity index (χ1) is 12.8. The lowest BCUT2D eigenvalue weighted by molar-refractivity contribution is 0.0667. The summed E-state index contributed by atoms with van der Waals surface area (Å²) in [5.41, 5.74) is 0.644. The second-order valence-corrected chi connectivity index (χ2v) is 5.99. The second kappa shape index (κ2) is 7.41. The Labute approximate surface area is 151 Å². The Morgan fingerprint density at radius 2 is 1.85 bits per heavy atom. The number of ether oxygens (including phenoxy) is 2. The number of aromatic nitrogens is 1. The second-order valence-electron chi connectivity index (χ2n) is 5.99. The minimum absolute atomic E-state index is 0.405. The zero-order valence-electron chi connectivity index (χ0n) is 14.2. The smallest absolute Gasteiger partial charge is 0.230 e. The lowest BCUT2D eigenvalue weighted by Crippen LogP contribution is -2.41. The van der Waals surface area contributed by atoms with Crippen LogP contribution in [0.15, 0.2) is 65.9 Å². The van der Waals surface area contributed by atoms with Crippen molar-refractivity contribution in [3.05, 3.63) is 66.4 Å². The lowest BCUT2D eigenvalue weighted by atomic mass is 10.1. The molecule has 0 radical (unpaired) electrons. The number of pyridine rings is 1. The number of morpholine rings is 1. The molecule has 6 heteroatoms. The van der Waals surface area contributed by atoms with E-state index in [1.165, 1.54) is 0 Å². The Morgan fingerprint density at radius 3 is 2.65 bits per heavy atom. The Bertz CT molecular complexity index is 936. The normalized spacial score (nSPS) is 15.2. The van der Waals surface area contributed by atoms with Gasteiger partial charge in [0.05, 0.1) is 18.8 Å². The summed E-state index contributed by atoms with van der Waals surface area (Å²) >= 11 is 0. The van der Waals surface area contributed by atoms with E-state index in [1.54, 1.807) is 12.3 Å².